The highest BCUT2D eigenvalue weighted by atomic mass is 32.1. The van der Waals surface area contributed by atoms with Crippen molar-refractivity contribution in [2.75, 3.05) is 0 Å². The van der Waals surface area contributed by atoms with E-state index in [-0.39, 0.29) is 19.4 Å². The Morgan fingerprint density at radius 3 is 2.06 bits per heavy atom. The topological polar surface area (TPSA) is 105 Å². The summed E-state index contributed by atoms with van der Waals surface area (Å²) in [5.41, 5.74) is 1.63. The number of aliphatic carboxylic acids is 1. The van der Waals surface area contributed by atoms with Crippen LogP contribution in [0.3, 0.4) is 0 Å². The van der Waals surface area contributed by atoms with Crippen LogP contribution in [0.25, 0.3) is 0 Å². The zero-order valence-corrected chi connectivity index (χ0v) is 18.1. The van der Waals surface area contributed by atoms with E-state index in [0.29, 0.717) is 0 Å². The van der Waals surface area contributed by atoms with Crippen molar-refractivity contribution in [2.45, 2.75) is 31.5 Å². The van der Waals surface area contributed by atoms with Crippen LogP contribution in [0, 0.1) is 0 Å². The fourth-order valence-electron chi connectivity index (χ4n) is 3.07. The van der Waals surface area contributed by atoms with Gasteiger partial charge in [-0.2, -0.15) is 0 Å². The molecule has 0 unspecified atom stereocenters. The van der Waals surface area contributed by atoms with Gasteiger partial charge in [0.2, 0.25) is 5.91 Å². The molecule has 166 valence electrons. The van der Waals surface area contributed by atoms with Crippen LogP contribution < -0.4 is 10.6 Å². The Bertz CT molecular complexity index is 1010. The molecule has 0 aliphatic heterocycles. The SMILES string of the molecule is O=C(N[C@@H](Cc1ccccc1)C(=O)N[C@@H](Cc1cccs1)C(=O)O)OCc1ccccc1. The van der Waals surface area contributed by atoms with E-state index in [9.17, 15) is 19.5 Å². The number of carbonyl (C=O) groups is 3. The summed E-state index contributed by atoms with van der Waals surface area (Å²) in [5.74, 6) is -1.73. The lowest BCUT2D eigenvalue weighted by Crippen LogP contribution is -2.53. The van der Waals surface area contributed by atoms with Crippen molar-refractivity contribution in [3.05, 3.63) is 94.2 Å². The van der Waals surface area contributed by atoms with Gasteiger partial charge in [0.05, 0.1) is 0 Å². The molecule has 32 heavy (non-hydrogen) atoms. The van der Waals surface area contributed by atoms with Crippen LogP contribution in [0.4, 0.5) is 4.79 Å². The summed E-state index contributed by atoms with van der Waals surface area (Å²) in [4.78, 5) is 37.9. The maximum atomic E-state index is 13.0. The minimum Gasteiger partial charge on any atom is -0.480 e. The van der Waals surface area contributed by atoms with Crippen LogP contribution in [-0.2, 0) is 33.8 Å². The average Bonchev–Trinajstić information content (AvgIpc) is 3.31. The number of thiophene rings is 1. The predicted molar refractivity (Wildman–Crippen MR) is 121 cm³/mol. The summed E-state index contributed by atoms with van der Waals surface area (Å²) < 4.78 is 5.24. The van der Waals surface area contributed by atoms with Crippen LogP contribution >= 0.6 is 11.3 Å². The number of carboxylic acids is 1. The molecular weight excluding hydrogens is 428 g/mol. The van der Waals surface area contributed by atoms with Crippen LogP contribution in [-0.4, -0.2) is 35.2 Å². The van der Waals surface area contributed by atoms with E-state index in [1.54, 1.807) is 0 Å². The Kier molecular flexibility index (Phi) is 8.39. The predicted octanol–water partition coefficient (Wildman–Crippen LogP) is 3.40. The second kappa shape index (κ2) is 11.7. The largest absolute Gasteiger partial charge is 0.480 e. The van der Waals surface area contributed by atoms with Gasteiger partial charge in [-0.3, -0.25) is 4.79 Å². The Morgan fingerprint density at radius 2 is 1.47 bits per heavy atom. The molecule has 1 aromatic heterocycles. The van der Waals surface area contributed by atoms with Gasteiger partial charge in [0.1, 0.15) is 18.7 Å². The fraction of sp³-hybridized carbons (Fsp3) is 0.208. The zero-order chi connectivity index (χ0) is 22.8. The van der Waals surface area contributed by atoms with Crippen LogP contribution in [0.1, 0.15) is 16.0 Å². The monoisotopic (exact) mass is 452 g/mol. The number of carbonyl (C=O) groups excluding carboxylic acids is 2. The van der Waals surface area contributed by atoms with Gasteiger partial charge in [0.25, 0.3) is 0 Å². The summed E-state index contributed by atoms with van der Waals surface area (Å²) in [6.07, 6.45) is -0.400. The number of hydrogen-bond donors (Lipinski definition) is 3. The maximum absolute atomic E-state index is 13.0. The van der Waals surface area contributed by atoms with Gasteiger partial charge in [0, 0.05) is 17.7 Å². The Labute approximate surface area is 190 Å². The molecule has 0 saturated heterocycles. The Hall–Kier alpha value is -3.65. The molecule has 0 fully saturated rings. The number of rotatable bonds is 10. The first kappa shape index (κ1) is 23.0. The Balaban J connectivity index is 1.67. The third-order valence-electron chi connectivity index (χ3n) is 4.70. The lowest BCUT2D eigenvalue weighted by Gasteiger charge is -2.21. The third kappa shape index (κ3) is 7.24. The van der Waals surface area contributed by atoms with E-state index in [4.69, 9.17) is 4.74 Å². The second-order valence-electron chi connectivity index (χ2n) is 7.13. The maximum Gasteiger partial charge on any atom is 0.408 e. The van der Waals surface area contributed by atoms with Gasteiger partial charge < -0.3 is 20.5 Å². The lowest BCUT2D eigenvalue weighted by molar-refractivity contribution is -0.142. The molecular formula is C24H24N2O5S. The van der Waals surface area contributed by atoms with E-state index in [1.807, 2.05) is 78.2 Å². The van der Waals surface area contributed by atoms with Crippen LogP contribution in [0.5, 0.6) is 0 Å². The number of benzene rings is 2. The highest BCUT2D eigenvalue weighted by molar-refractivity contribution is 7.09. The number of alkyl carbamates (subject to hydrolysis) is 1. The Morgan fingerprint density at radius 1 is 0.812 bits per heavy atom. The van der Waals surface area contributed by atoms with E-state index < -0.39 is 30.1 Å². The highest BCUT2D eigenvalue weighted by Crippen LogP contribution is 2.12. The lowest BCUT2D eigenvalue weighted by atomic mass is 10.0. The van der Waals surface area contributed by atoms with Gasteiger partial charge in [-0.15, -0.1) is 11.3 Å². The van der Waals surface area contributed by atoms with Gasteiger partial charge >= 0.3 is 12.1 Å². The van der Waals surface area contributed by atoms with Crippen molar-refractivity contribution in [3.63, 3.8) is 0 Å². The van der Waals surface area contributed by atoms with Gasteiger partial charge in [0.15, 0.2) is 0 Å². The summed E-state index contributed by atoms with van der Waals surface area (Å²) in [6.45, 7) is 0.0580. The molecule has 7 nitrogen and oxygen atoms in total. The normalized spacial score (nSPS) is 12.4. The number of carboxylic acid groups (broad SMARTS) is 1. The molecule has 2 atom stereocenters. The molecule has 8 heteroatoms. The molecule has 2 aromatic carbocycles. The second-order valence-corrected chi connectivity index (χ2v) is 8.16. The minimum absolute atomic E-state index is 0.0580. The summed E-state index contributed by atoms with van der Waals surface area (Å²) in [6, 6.07) is 19.9. The molecule has 0 spiro atoms. The number of nitrogens with one attached hydrogen (secondary N) is 2. The molecule has 1 heterocycles. The zero-order valence-electron chi connectivity index (χ0n) is 17.3. The third-order valence-corrected chi connectivity index (χ3v) is 5.60. The molecule has 3 rings (SSSR count). The smallest absolute Gasteiger partial charge is 0.408 e. The first-order chi connectivity index (χ1) is 15.5. The van der Waals surface area contributed by atoms with Crippen molar-refractivity contribution in [3.8, 4) is 0 Å². The minimum atomic E-state index is -1.14. The van der Waals surface area contributed by atoms with Gasteiger partial charge in [-0.25, -0.2) is 9.59 Å². The van der Waals surface area contributed by atoms with Crippen LogP contribution in [0.2, 0.25) is 0 Å². The molecule has 0 saturated carbocycles. The van der Waals surface area contributed by atoms with Crippen molar-refractivity contribution in [1.82, 2.24) is 10.6 Å². The van der Waals surface area contributed by atoms with E-state index in [2.05, 4.69) is 10.6 Å². The van der Waals surface area contributed by atoms with Crippen LogP contribution in [0.15, 0.2) is 78.2 Å². The van der Waals surface area contributed by atoms with Gasteiger partial charge in [-0.1, -0.05) is 66.7 Å². The van der Waals surface area contributed by atoms with Gasteiger partial charge in [-0.05, 0) is 22.6 Å². The first-order valence-electron chi connectivity index (χ1n) is 10.1. The van der Waals surface area contributed by atoms with E-state index >= 15 is 0 Å². The summed E-state index contributed by atoms with van der Waals surface area (Å²) >= 11 is 1.42. The van der Waals surface area contributed by atoms with Crippen molar-refractivity contribution in [1.29, 1.82) is 0 Å². The standard InChI is InChI=1S/C24H24N2O5S/c27-22(25-21(23(28)29)15-19-12-7-13-32-19)20(14-17-8-3-1-4-9-17)26-24(30)31-16-18-10-5-2-6-11-18/h1-13,20-21H,14-16H2,(H,25,27)(H,26,30)(H,28,29)/t20-,21-/m0/s1. The fourth-order valence-corrected chi connectivity index (χ4v) is 3.82. The molecule has 0 aliphatic carbocycles. The van der Waals surface area contributed by atoms with Crippen molar-refractivity contribution >= 4 is 29.3 Å². The molecule has 0 radical (unpaired) electrons. The van der Waals surface area contributed by atoms with Crippen molar-refractivity contribution in [2.24, 2.45) is 0 Å². The molecule has 3 N–H and O–H groups in total. The molecule has 0 aliphatic rings. The molecule has 3 aromatic rings. The molecule has 2 amide bonds. The number of hydrogen-bond acceptors (Lipinski definition) is 5. The van der Waals surface area contributed by atoms with E-state index in [1.165, 1.54) is 11.3 Å². The quantitative estimate of drug-likeness (QED) is 0.437. The van der Waals surface area contributed by atoms with E-state index in [0.717, 1.165) is 16.0 Å². The van der Waals surface area contributed by atoms with Crippen molar-refractivity contribution < 1.29 is 24.2 Å². The molecule has 0 bridgehead atoms. The average molecular weight is 453 g/mol. The summed E-state index contributed by atoms with van der Waals surface area (Å²) in [5, 5.41) is 16.5. The number of ether oxygens (including phenoxy) is 1. The first-order valence-corrected chi connectivity index (χ1v) is 11.0. The summed E-state index contributed by atoms with van der Waals surface area (Å²) in [7, 11) is 0. The highest BCUT2D eigenvalue weighted by Gasteiger charge is 2.27. The number of amides is 2.